The van der Waals surface area contributed by atoms with Crippen molar-refractivity contribution in [1.82, 2.24) is 14.8 Å². The Morgan fingerprint density at radius 1 is 1.00 bits per heavy atom. The molecule has 1 atom stereocenters. The molecule has 0 bridgehead atoms. The number of halogens is 2. The molecule has 1 aliphatic rings. The Morgan fingerprint density at radius 2 is 1.78 bits per heavy atom. The second-order valence-corrected chi connectivity index (χ2v) is 6.05. The van der Waals surface area contributed by atoms with Crippen molar-refractivity contribution in [3.8, 4) is 0 Å². The van der Waals surface area contributed by atoms with Gasteiger partial charge in [0.25, 0.3) is 0 Å². The molecule has 6 heteroatoms. The minimum absolute atomic E-state index is 0.117. The molecule has 0 aliphatic carbocycles. The Kier molecular flexibility index (Phi) is 3.56. The summed E-state index contributed by atoms with van der Waals surface area (Å²) < 4.78 is 1.82. The molecule has 114 valence electrons. The molecular weight excluding hydrogens is 331 g/mol. The lowest BCUT2D eigenvalue weighted by atomic mass is 10.0. The summed E-state index contributed by atoms with van der Waals surface area (Å²) in [6.07, 6.45) is 3.62. The highest BCUT2D eigenvalue weighted by molar-refractivity contribution is 6.31. The third-order valence-electron chi connectivity index (χ3n) is 3.79. The fraction of sp³-hybridized carbons (Fsp3) is 0.0588. The number of benzene rings is 2. The molecule has 0 fully saturated rings. The zero-order chi connectivity index (χ0) is 15.8. The maximum absolute atomic E-state index is 6.38. The van der Waals surface area contributed by atoms with Gasteiger partial charge in [0.05, 0.1) is 0 Å². The number of nitrogens with zero attached hydrogens (tertiary/aromatic N) is 3. The first-order chi connectivity index (χ1) is 11.2. The van der Waals surface area contributed by atoms with Gasteiger partial charge in [-0.3, -0.25) is 0 Å². The number of anilines is 1. The molecule has 4 rings (SSSR count). The molecule has 4 nitrogen and oxygen atoms in total. The molecule has 0 saturated heterocycles. The van der Waals surface area contributed by atoms with Crippen molar-refractivity contribution >= 4 is 34.8 Å². The number of allylic oxidation sites excluding steroid dienone is 1. The molecule has 0 amide bonds. The Bertz CT molecular complexity index is 884. The van der Waals surface area contributed by atoms with Crippen LogP contribution in [0.3, 0.4) is 0 Å². The SMILES string of the molecule is Clc1ccc(C2=C[C@@H](c3ccccc3Cl)n3ncnc3N2)cc1. The first-order valence-corrected chi connectivity index (χ1v) is 7.87. The van der Waals surface area contributed by atoms with E-state index >= 15 is 0 Å². The van der Waals surface area contributed by atoms with Crippen LogP contribution in [0.1, 0.15) is 17.2 Å². The van der Waals surface area contributed by atoms with E-state index in [1.54, 1.807) is 0 Å². The molecule has 3 aromatic rings. The Hall–Kier alpha value is -2.30. The summed E-state index contributed by atoms with van der Waals surface area (Å²) in [5, 5.41) is 9.02. The lowest BCUT2D eigenvalue weighted by molar-refractivity contribution is 0.612. The minimum Gasteiger partial charge on any atom is -0.324 e. The first-order valence-electron chi connectivity index (χ1n) is 7.11. The average Bonchev–Trinajstić information content (AvgIpc) is 3.04. The molecule has 1 aromatic heterocycles. The van der Waals surface area contributed by atoms with Crippen molar-refractivity contribution < 1.29 is 0 Å². The van der Waals surface area contributed by atoms with Crippen LogP contribution in [0.25, 0.3) is 5.70 Å². The Morgan fingerprint density at radius 3 is 2.57 bits per heavy atom. The summed E-state index contributed by atoms with van der Waals surface area (Å²) in [6.45, 7) is 0. The molecule has 2 aromatic carbocycles. The van der Waals surface area contributed by atoms with Gasteiger partial charge in [-0.1, -0.05) is 53.5 Å². The molecule has 1 N–H and O–H groups in total. The van der Waals surface area contributed by atoms with Crippen molar-refractivity contribution in [3.63, 3.8) is 0 Å². The van der Waals surface area contributed by atoms with E-state index in [9.17, 15) is 0 Å². The highest BCUT2D eigenvalue weighted by Crippen LogP contribution is 2.34. The van der Waals surface area contributed by atoms with Crippen LogP contribution in [-0.2, 0) is 0 Å². The van der Waals surface area contributed by atoms with Crippen molar-refractivity contribution in [2.24, 2.45) is 0 Å². The second kappa shape index (κ2) is 5.72. The maximum atomic E-state index is 6.38. The number of hydrogen-bond donors (Lipinski definition) is 1. The number of aromatic nitrogens is 3. The third kappa shape index (κ3) is 2.60. The summed E-state index contributed by atoms with van der Waals surface area (Å²) >= 11 is 12.4. The molecule has 2 heterocycles. The van der Waals surface area contributed by atoms with Gasteiger partial charge >= 0.3 is 0 Å². The molecule has 0 radical (unpaired) electrons. The third-order valence-corrected chi connectivity index (χ3v) is 4.38. The summed E-state index contributed by atoms with van der Waals surface area (Å²) in [7, 11) is 0. The zero-order valence-electron chi connectivity index (χ0n) is 11.9. The van der Waals surface area contributed by atoms with E-state index in [0.717, 1.165) is 16.8 Å². The van der Waals surface area contributed by atoms with E-state index in [-0.39, 0.29) is 6.04 Å². The normalized spacial score (nSPS) is 16.4. The van der Waals surface area contributed by atoms with Crippen LogP contribution in [0.15, 0.2) is 60.9 Å². The first kappa shape index (κ1) is 14.3. The number of nitrogens with one attached hydrogen (secondary N) is 1. The van der Waals surface area contributed by atoms with Crippen LogP contribution in [0, 0.1) is 0 Å². The predicted octanol–water partition coefficient (Wildman–Crippen LogP) is 4.64. The predicted molar refractivity (Wildman–Crippen MR) is 92.7 cm³/mol. The van der Waals surface area contributed by atoms with Crippen LogP contribution in [0.4, 0.5) is 5.95 Å². The van der Waals surface area contributed by atoms with Crippen molar-refractivity contribution in [1.29, 1.82) is 0 Å². The smallest absolute Gasteiger partial charge is 0.226 e. The van der Waals surface area contributed by atoms with Gasteiger partial charge in [0.1, 0.15) is 12.4 Å². The molecule has 0 spiro atoms. The number of fused-ring (bicyclic) bond motifs is 1. The molecular formula is C17H12Cl2N4. The molecule has 1 aliphatic heterocycles. The van der Waals surface area contributed by atoms with Crippen LogP contribution in [0.5, 0.6) is 0 Å². The number of rotatable bonds is 2. The van der Waals surface area contributed by atoms with Crippen LogP contribution < -0.4 is 5.32 Å². The highest BCUT2D eigenvalue weighted by atomic mass is 35.5. The minimum atomic E-state index is -0.117. The largest absolute Gasteiger partial charge is 0.324 e. The molecule has 0 unspecified atom stereocenters. The standard InChI is InChI=1S/C17H12Cl2N4/c18-12-7-5-11(6-8-12)15-9-16(13-3-1-2-4-14(13)19)23-17(22-15)20-10-21-23/h1-10,16H,(H,20,21,22)/t16-/m0/s1. The second-order valence-electron chi connectivity index (χ2n) is 5.21. The van der Waals surface area contributed by atoms with E-state index in [4.69, 9.17) is 23.2 Å². The zero-order valence-corrected chi connectivity index (χ0v) is 13.5. The van der Waals surface area contributed by atoms with Gasteiger partial charge in [-0.25, -0.2) is 4.68 Å². The van der Waals surface area contributed by atoms with Gasteiger partial charge in [-0.05, 0) is 35.4 Å². The van der Waals surface area contributed by atoms with Gasteiger partial charge in [0, 0.05) is 15.7 Å². The van der Waals surface area contributed by atoms with Gasteiger partial charge in [-0.2, -0.15) is 10.1 Å². The van der Waals surface area contributed by atoms with E-state index in [0.29, 0.717) is 16.0 Å². The van der Waals surface area contributed by atoms with Crippen molar-refractivity contribution in [2.45, 2.75) is 6.04 Å². The highest BCUT2D eigenvalue weighted by Gasteiger charge is 2.24. The van der Waals surface area contributed by atoms with Gasteiger partial charge in [0.15, 0.2) is 0 Å². The summed E-state index contributed by atoms with van der Waals surface area (Å²) in [4.78, 5) is 4.29. The van der Waals surface area contributed by atoms with E-state index in [1.165, 1.54) is 6.33 Å². The van der Waals surface area contributed by atoms with Gasteiger partial charge < -0.3 is 5.32 Å². The van der Waals surface area contributed by atoms with E-state index in [2.05, 4.69) is 21.5 Å². The quantitative estimate of drug-likeness (QED) is 0.737. The topological polar surface area (TPSA) is 42.7 Å². The Labute approximate surface area is 143 Å². The lowest BCUT2D eigenvalue weighted by Gasteiger charge is -2.25. The monoisotopic (exact) mass is 342 g/mol. The van der Waals surface area contributed by atoms with Crippen LogP contribution in [0.2, 0.25) is 10.0 Å². The molecule has 23 heavy (non-hydrogen) atoms. The fourth-order valence-corrected chi connectivity index (χ4v) is 3.04. The van der Waals surface area contributed by atoms with Crippen molar-refractivity contribution in [3.05, 3.63) is 82.1 Å². The fourth-order valence-electron chi connectivity index (χ4n) is 2.67. The van der Waals surface area contributed by atoms with E-state index < -0.39 is 0 Å². The van der Waals surface area contributed by atoms with Gasteiger partial charge in [0.2, 0.25) is 5.95 Å². The summed E-state index contributed by atoms with van der Waals surface area (Å²) in [6, 6.07) is 15.3. The van der Waals surface area contributed by atoms with E-state index in [1.807, 2.05) is 53.2 Å². The maximum Gasteiger partial charge on any atom is 0.226 e. The average molecular weight is 343 g/mol. The van der Waals surface area contributed by atoms with Crippen molar-refractivity contribution in [2.75, 3.05) is 5.32 Å². The van der Waals surface area contributed by atoms with Crippen LogP contribution >= 0.6 is 23.2 Å². The lowest BCUT2D eigenvalue weighted by Crippen LogP contribution is -2.20. The number of hydrogen-bond acceptors (Lipinski definition) is 3. The molecule has 0 saturated carbocycles. The summed E-state index contributed by atoms with van der Waals surface area (Å²) in [5.74, 6) is 0.683. The van der Waals surface area contributed by atoms with Gasteiger partial charge in [-0.15, -0.1) is 0 Å². The van der Waals surface area contributed by atoms with Crippen LogP contribution in [-0.4, -0.2) is 14.8 Å². The summed E-state index contributed by atoms with van der Waals surface area (Å²) in [5.41, 5.74) is 2.96. The Balaban J connectivity index is 1.83.